The fourth-order valence-corrected chi connectivity index (χ4v) is 1.05. The van der Waals surface area contributed by atoms with Gasteiger partial charge in [-0.3, -0.25) is 0 Å². The number of carbonyl (C=O) groups is 1. The molecule has 0 atom stereocenters. The number of unbranched alkanes of at least 4 members (excludes halogenated alkanes) is 1. The van der Waals surface area contributed by atoms with Gasteiger partial charge in [0.2, 0.25) is 0 Å². The van der Waals surface area contributed by atoms with Gasteiger partial charge in [-0.15, -0.1) is 0 Å². The third-order valence-electron chi connectivity index (χ3n) is 1.49. The third kappa shape index (κ3) is 4.36. The summed E-state index contributed by atoms with van der Waals surface area (Å²) in [6.07, 6.45) is 4.81. The summed E-state index contributed by atoms with van der Waals surface area (Å²) in [5, 5.41) is 0. The van der Waals surface area contributed by atoms with Crippen LogP contribution in [0.3, 0.4) is 0 Å². The summed E-state index contributed by atoms with van der Waals surface area (Å²) in [6.45, 7) is 3.97. The zero-order valence-corrected chi connectivity index (χ0v) is 8.93. The minimum atomic E-state index is -0.189. The van der Waals surface area contributed by atoms with Gasteiger partial charge in [0.05, 0.1) is 0 Å². The van der Waals surface area contributed by atoms with Crippen LogP contribution in [0.1, 0.15) is 33.1 Å². The van der Waals surface area contributed by atoms with Gasteiger partial charge in [-0.2, -0.15) is 0 Å². The monoisotopic (exact) mass is 239 g/mol. The van der Waals surface area contributed by atoms with Gasteiger partial charge in [0.1, 0.15) is 0 Å². The van der Waals surface area contributed by atoms with E-state index in [1.54, 1.807) is 0 Å². The Hall–Kier alpha value is -0.102. The van der Waals surface area contributed by atoms with Crippen molar-refractivity contribution >= 4 is 5.97 Å². The second-order valence-electron chi connectivity index (χ2n) is 2.29. The van der Waals surface area contributed by atoms with E-state index in [0.717, 1.165) is 24.8 Å². The van der Waals surface area contributed by atoms with Crippen molar-refractivity contribution in [1.82, 2.24) is 0 Å². The van der Waals surface area contributed by atoms with Crippen LogP contribution in [0.15, 0.2) is 11.6 Å². The summed E-state index contributed by atoms with van der Waals surface area (Å²) >= 11 is 1.35. The molecule has 0 N–H and O–H groups in total. The van der Waals surface area contributed by atoms with E-state index in [2.05, 4.69) is 10.3 Å². The molecule has 0 saturated heterocycles. The van der Waals surface area contributed by atoms with Crippen molar-refractivity contribution in [3.63, 3.8) is 0 Å². The van der Waals surface area contributed by atoms with Crippen molar-refractivity contribution in [3.05, 3.63) is 11.6 Å². The molecule has 0 aromatic carbocycles. The maximum absolute atomic E-state index is 11.0. The molecule has 63 valence electrons. The zero-order valence-electron chi connectivity index (χ0n) is 6.92. The average molecular weight is 237 g/mol. The molecule has 0 aromatic rings. The van der Waals surface area contributed by atoms with Gasteiger partial charge in [0, 0.05) is 0 Å². The first-order valence-corrected chi connectivity index (χ1v) is 4.57. The van der Waals surface area contributed by atoms with E-state index in [-0.39, 0.29) is 5.97 Å². The minimum absolute atomic E-state index is 0.189. The van der Waals surface area contributed by atoms with Gasteiger partial charge in [0.15, 0.2) is 0 Å². The third-order valence-corrected chi connectivity index (χ3v) is 1.86. The first-order chi connectivity index (χ1) is 5.26. The molecule has 0 aliphatic heterocycles. The molecule has 0 aliphatic carbocycles. The summed E-state index contributed by atoms with van der Waals surface area (Å²) in [6, 6.07) is 0. The van der Waals surface area contributed by atoms with E-state index in [4.69, 9.17) is 0 Å². The van der Waals surface area contributed by atoms with Gasteiger partial charge >= 0.3 is 79.1 Å². The molecule has 0 radical (unpaired) electrons. The van der Waals surface area contributed by atoms with Crippen LogP contribution in [-0.2, 0) is 28.4 Å². The van der Waals surface area contributed by atoms with Crippen LogP contribution in [0.2, 0.25) is 0 Å². The number of allylic oxidation sites excluding steroid dienone is 1. The van der Waals surface area contributed by atoms with Crippen LogP contribution in [-0.4, -0.2) is 5.97 Å². The van der Waals surface area contributed by atoms with E-state index in [0.29, 0.717) is 0 Å². The predicted molar refractivity (Wildman–Crippen MR) is 39.4 cm³/mol. The molecule has 0 bridgehead atoms. The van der Waals surface area contributed by atoms with Gasteiger partial charge in [-0.1, -0.05) is 0 Å². The van der Waals surface area contributed by atoms with Gasteiger partial charge in [-0.25, -0.2) is 0 Å². The molecule has 0 spiro atoms. The van der Waals surface area contributed by atoms with Crippen molar-refractivity contribution in [2.75, 3.05) is 0 Å². The van der Waals surface area contributed by atoms with Crippen molar-refractivity contribution in [1.29, 1.82) is 0 Å². The molecular weight excluding hydrogens is 224 g/mol. The van der Waals surface area contributed by atoms with Crippen molar-refractivity contribution < 1.29 is 28.4 Å². The summed E-state index contributed by atoms with van der Waals surface area (Å²) < 4.78 is 4.60. The fraction of sp³-hybridized carbons (Fsp3) is 0.625. The molecule has 2 nitrogen and oxygen atoms in total. The Balaban J connectivity index is 3.87. The Kier molecular flexibility index (Phi) is 6.54. The summed E-state index contributed by atoms with van der Waals surface area (Å²) in [5.74, 6) is -0.189. The summed E-state index contributed by atoms with van der Waals surface area (Å²) in [7, 11) is 0. The Morgan fingerprint density at radius 1 is 1.64 bits per heavy atom. The second-order valence-corrected chi connectivity index (χ2v) is 2.70. The Morgan fingerprint density at radius 2 is 2.27 bits per heavy atom. The van der Waals surface area contributed by atoms with Gasteiger partial charge in [-0.05, 0) is 0 Å². The fourth-order valence-electron chi connectivity index (χ4n) is 0.785. The van der Waals surface area contributed by atoms with E-state index in [9.17, 15) is 4.79 Å². The molecule has 0 unspecified atom stereocenters. The first kappa shape index (κ1) is 10.9. The van der Waals surface area contributed by atoms with Crippen LogP contribution in [0.4, 0.5) is 0 Å². The SMILES string of the molecule is CC=C(CCCC)C(=O)[O][Mo]. The van der Waals surface area contributed by atoms with Crippen LogP contribution in [0, 0.1) is 0 Å². The quantitative estimate of drug-likeness (QED) is 0.553. The molecule has 0 saturated carbocycles. The van der Waals surface area contributed by atoms with Crippen LogP contribution in [0.5, 0.6) is 0 Å². The molecule has 0 aromatic heterocycles. The zero-order chi connectivity index (χ0) is 8.69. The number of hydrogen-bond acceptors (Lipinski definition) is 2. The molecule has 0 aliphatic rings. The van der Waals surface area contributed by atoms with E-state index < -0.39 is 0 Å². The van der Waals surface area contributed by atoms with E-state index in [1.165, 1.54) is 20.2 Å². The molecular formula is C8H13MoO2. The molecule has 3 heteroatoms. The first-order valence-electron chi connectivity index (χ1n) is 3.75. The molecule has 0 rings (SSSR count). The van der Waals surface area contributed by atoms with E-state index in [1.807, 2.05) is 13.0 Å². The van der Waals surface area contributed by atoms with Crippen molar-refractivity contribution in [2.24, 2.45) is 0 Å². The number of hydrogen-bond donors (Lipinski definition) is 0. The standard InChI is InChI=1S/C8H14O2.Mo/c1-3-5-6-7(4-2)8(9)10;/h4H,3,5-6H2,1-2H3,(H,9,10);/q;+1/p-1. The average Bonchev–Trinajstić information content (AvgIpc) is 2.05. The van der Waals surface area contributed by atoms with Crippen LogP contribution < -0.4 is 0 Å². The molecule has 0 fully saturated rings. The maximum atomic E-state index is 11.0. The molecule has 0 heterocycles. The van der Waals surface area contributed by atoms with Crippen LogP contribution >= 0.6 is 0 Å². The topological polar surface area (TPSA) is 26.3 Å². The second kappa shape index (κ2) is 6.60. The van der Waals surface area contributed by atoms with E-state index >= 15 is 0 Å². The van der Waals surface area contributed by atoms with Crippen LogP contribution in [0.25, 0.3) is 0 Å². The molecule has 0 amide bonds. The number of rotatable bonds is 4. The predicted octanol–water partition coefficient (Wildman–Crippen LogP) is 2.13. The normalized spacial score (nSPS) is 11.3. The Morgan fingerprint density at radius 3 is 2.64 bits per heavy atom. The summed E-state index contributed by atoms with van der Waals surface area (Å²) in [5.41, 5.74) is 0.789. The summed E-state index contributed by atoms with van der Waals surface area (Å²) in [4.78, 5) is 11.0. The number of carbonyl (C=O) groups excluding carboxylic acids is 1. The van der Waals surface area contributed by atoms with Gasteiger partial charge < -0.3 is 0 Å². The van der Waals surface area contributed by atoms with Gasteiger partial charge in [0.25, 0.3) is 0 Å². The Bertz CT molecular complexity index is 152. The Labute approximate surface area is 79.4 Å². The van der Waals surface area contributed by atoms with Crippen molar-refractivity contribution in [2.45, 2.75) is 33.1 Å². The molecule has 11 heavy (non-hydrogen) atoms. The van der Waals surface area contributed by atoms with Crippen molar-refractivity contribution in [3.8, 4) is 0 Å².